The van der Waals surface area contributed by atoms with E-state index in [1.165, 1.54) is 5.57 Å². The van der Waals surface area contributed by atoms with Crippen LogP contribution in [-0.2, 0) is 9.53 Å². The maximum absolute atomic E-state index is 12.4. The largest absolute Gasteiger partial charge is 0.377 e. The smallest absolute Gasteiger partial charge is 0.226 e. The first-order valence-electron chi connectivity index (χ1n) is 6.22. The fraction of sp³-hybridized carbons (Fsp3) is 0.769. The number of carbonyl (C=O) groups is 1. The topological polar surface area (TPSA) is 29.5 Å². The average Bonchev–Trinajstić information content (AvgIpc) is 2.29. The van der Waals surface area contributed by atoms with E-state index in [1.54, 1.807) is 0 Å². The molecule has 1 saturated heterocycles. The molecule has 2 rings (SSSR count). The molecule has 0 aromatic rings. The van der Waals surface area contributed by atoms with E-state index in [2.05, 4.69) is 19.9 Å². The fourth-order valence-electron chi connectivity index (χ4n) is 2.60. The number of hydrogen-bond acceptors (Lipinski definition) is 2. The van der Waals surface area contributed by atoms with Crippen molar-refractivity contribution in [2.24, 2.45) is 5.92 Å². The van der Waals surface area contributed by atoms with Gasteiger partial charge in [-0.05, 0) is 33.1 Å². The lowest BCUT2D eigenvalue weighted by molar-refractivity contribution is -0.143. The van der Waals surface area contributed by atoms with E-state index in [-0.39, 0.29) is 12.0 Å². The summed E-state index contributed by atoms with van der Waals surface area (Å²) in [5, 5.41) is 0. The van der Waals surface area contributed by atoms with Crippen LogP contribution in [0.4, 0.5) is 0 Å². The summed E-state index contributed by atoms with van der Waals surface area (Å²) in [6, 6.07) is 0.243. The number of hydrogen-bond donors (Lipinski definition) is 0. The number of amides is 1. The molecule has 0 spiro atoms. The van der Waals surface area contributed by atoms with Crippen LogP contribution in [0, 0.1) is 5.92 Å². The van der Waals surface area contributed by atoms with Gasteiger partial charge in [0.05, 0.1) is 19.3 Å². The quantitative estimate of drug-likeness (QED) is 0.636. The van der Waals surface area contributed by atoms with Crippen molar-refractivity contribution in [3.8, 4) is 0 Å². The van der Waals surface area contributed by atoms with Crippen molar-refractivity contribution in [3.63, 3.8) is 0 Å². The molecule has 2 atom stereocenters. The summed E-state index contributed by atoms with van der Waals surface area (Å²) in [6.07, 6.45) is 5.27. The molecule has 1 heterocycles. The van der Waals surface area contributed by atoms with Crippen molar-refractivity contribution in [1.82, 2.24) is 4.90 Å². The van der Waals surface area contributed by atoms with Crippen LogP contribution in [-0.4, -0.2) is 36.6 Å². The third kappa shape index (κ3) is 2.46. The molecule has 0 N–H and O–H groups in total. The van der Waals surface area contributed by atoms with E-state index in [4.69, 9.17) is 4.74 Å². The number of carbonyl (C=O) groups excluding carboxylic acids is 1. The van der Waals surface area contributed by atoms with Crippen LogP contribution in [0.25, 0.3) is 0 Å². The highest BCUT2D eigenvalue weighted by Gasteiger charge is 2.30. The Hall–Kier alpha value is -0.830. The second kappa shape index (κ2) is 5.00. The molecule has 0 bridgehead atoms. The van der Waals surface area contributed by atoms with Crippen LogP contribution < -0.4 is 0 Å². The lowest BCUT2D eigenvalue weighted by atomic mass is 9.88. The van der Waals surface area contributed by atoms with Crippen LogP contribution in [0.5, 0.6) is 0 Å². The predicted molar refractivity (Wildman–Crippen MR) is 63.1 cm³/mol. The molecule has 3 nitrogen and oxygen atoms in total. The second-order valence-electron chi connectivity index (χ2n) is 4.98. The Morgan fingerprint density at radius 1 is 1.56 bits per heavy atom. The van der Waals surface area contributed by atoms with Crippen molar-refractivity contribution in [3.05, 3.63) is 11.6 Å². The lowest BCUT2D eigenvalue weighted by Gasteiger charge is -2.36. The third-order valence-corrected chi connectivity index (χ3v) is 3.58. The zero-order valence-electron chi connectivity index (χ0n) is 10.2. The Morgan fingerprint density at radius 2 is 2.38 bits per heavy atom. The zero-order chi connectivity index (χ0) is 11.5. The van der Waals surface area contributed by atoms with Gasteiger partial charge in [-0.25, -0.2) is 0 Å². The highest BCUT2D eigenvalue weighted by atomic mass is 16.5. The molecule has 1 aliphatic heterocycles. The monoisotopic (exact) mass is 223 g/mol. The minimum atomic E-state index is 0.213. The molecule has 90 valence electrons. The van der Waals surface area contributed by atoms with E-state index in [0.717, 1.165) is 25.8 Å². The summed E-state index contributed by atoms with van der Waals surface area (Å²) in [6.45, 7) is 6.34. The average molecular weight is 223 g/mol. The molecule has 0 radical (unpaired) electrons. The van der Waals surface area contributed by atoms with E-state index in [0.29, 0.717) is 19.1 Å². The van der Waals surface area contributed by atoms with Gasteiger partial charge in [-0.1, -0.05) is 11.6 Å². The molecule has 16 heavy (non-hydrogen) atoms. The number of allylic oxidation sites excluding steroid dienone is 2. The SMILES string of the molecule is CC1=CCCC(C(=O)N2CCOCC2C)C1. The first-order chi connectivity index (χ1) is 7.68. The fourth-order valence-corrected chi connectivity index (χ4v) is 2.60. The van der Waals surface area contributed by atoms with Gasteiger partial charge in [-0.2, -0.15) is 0 Å². The van der Waals surface area contributed by atoms with Crippen LogP contribution >= 0.6 is 0 Å². The molecule has 3 heteroatoms. The van der Waals surface area contributed by atoms with Crippen LogP contribution in [0.3, 0.4) is 0 Å². The van der Waals surface area contributed by atoms with Crippen molar-refractivity contribution in [2.75, 3.05) is 19.8 Å². The van der Waals surface area contributed by atoms with Gasteiger partial charge in [0, 0.05) is 12.5 Å². The van der Waals surface area contributed by atoms with Gasteiger partial charge in [-0.3, -0.25) is 4.79 Å². The van der Waals surface area contributed by atoms with Gasteiger partial charge >= 0.3 is 0 Å². The zero-order valence-corrected chi connectivity index (χ0v) is 10.2. The van der Waals surface area contributed by atoms with Gasteiger partial charge in [0.25, 0.3) is 0 Å². The van der Waals surface area contributed by atoms with Crippen LogP contribution in [0.1, 0.15) is 33.1 Å². The number of ether oxygens (including phenoxy) is 1. The van der Waals surface area contributed by atoms with Crippen molar-refractivity contribution in [1.29, 1.82) is 0 Å². The maximum Gasteiger partial charge on any atom is 0.226 e. The predicted octanol–water partition coefficient (Wildman–Crippen LogP) is 1.98. The summed E-state index contributed by atoms with van der Waals surface area (Å²) in [5.41, 5.74) is 1.37. The molecular weight excluding hydrogens is 202 g/mol. The molecular formula is C13H21NO2. The highest BCUT2D eigenvalue weighted by Crippen LogP contribution is 2.26. The summed E-state index contributed by atoms with van der Waals surface area (Å²) < 4.78 is 5.37. The molecule has 2 unspecified atom stereocenters. The standard InChI is InChI=1S/C13H21NO2/c1-10-4-3-5-12(8-10)13(15)14-6-7-16-9-11(14)2/h4,11-12H,3,5-9H2,1-2H3. The maximum atomic E-state index is 12.4. The van der Waals surface area contributed by atoms with Crippen molar-refractivity contribution in [2.45, 2.75) is 39.2 Å². The minimum Gasteiger partial charge on any atom is -0.377 e. The second-order valence-corrected chi connectivity index (χ2v) is 4.98. The summed E-state index contributed by atoms with van der Waals surface area (Å²) in [7, 11) is 0. The highest BCUT2D eigenvalue weighted by molar-refractivity contribution is 5.79. The normalized spacial score (nSPS) is 31.1. The molecule has 1 amide bonds. The molecule has 2 aliphatic rings. The van der Waals surface area contributed by atoms with E-state index >= 15 is 0 Å². The summed E-state index contributed by atoms with van der Waals surface area (Å²) >= 11 is 0. The van der Waals surface area contributed by atoms with Gasteiger partial charge in [0.1, 0.15) is 0 Å². The Morgan fingerprint density at radius 3 is 3.06 bits per heavy atom. The molecule has 0 aromatic heterocycles. The molecule has 1 fully saturated rings. The molecule has 1 aliphatic carbocycles. The third-order valence-electron chi connectivity index (χ3n) is 3.58. The minimum absolute atomic E-state index is 0.213. The number of rotatable bonds is 1. The Bertz CT molecular complexity index is 298. The van der Waals surface area contributed by atoms with Gasteiger partial charge < -0.3 is 9.64 Å². The first kappa shape index (κ1) is 11.6. The van der Waals surface area contributed by atoms with Gasteiger partial charge in [0.2, 0.25) is 5.91 Å². The van der Waals surface area contributed by atoms with Crippen molar-refractivity contribution >= 4 is 5.91 Å². The van der Waals surface area contributed by atoms with E-state index in [9.17, 15) is 4.79 Å². The van der Waals surface area contributed by atoms with Gasteiger partial charge in [0.15, 0.2) is 0 Å². The van der Waals surface area contributed by atoms with Crippen LogP contribution in [0.2, 0.25) is 0 Å². The number of nitrogens with zero attached hydrogens (tertiary/aromatic N) is 1. The number of morpholine rings is 1. The van der Waals surface area contributed by atoms with Crippen LogP contribution in [0.15, 0.2) is 11.6 Å². The molecule has 0 aromatic carbocycles. The summed E-state index contributed by atoms with van der Waals surface area (Å²) in [5.74, 6) is 0.550. The first-order valence-corrected chi connectivity index (χ1v) is 6.22. The Balaban J connectivity index is 1.98. The summed E-state index contributed by atoms with van der Waals surface area (Å²) in [4.78, 5) is 14.4. The van der Waals surface area contributed by atoms with E-state index < -0.39 is 0 Å². The van der Waals surface area contributed by atoms with E-state index in [1.807, 2.05) is 4.90 Å². The van der Waals surface area contributed by atoms with Gasteiger partial charge in [-0.15, -0.1) is 0 Å². The lowest BCUT2D eigenvalue weighted by Crippen LogP contribution is -2.49. The Kier molecular flexibility index (Phi) is 3.64. The molecule has 0 saturated carbocycles. The Labute approximate surface area is 97.5 Å². The van der Waals surface area contributed by atoms with Crippen molar-refractivity contribution < 1.29 is 9.53 Å².